The number of fused-ring (bicyclic) bond motifs is 1. The number of methoxy groups -OCH3 is 2. The number of carbonyl (C=O) groups excluding carboxylic acids is 1. The Bertz CT molecular complexity index is 1630. The molecule has 1 aliphatic carbocycles. The zero-order chi connectivity index (χ0) is 28.9. The third-order valence-corrected chi connectivity index (χ3v) is 6.45. The predicted molar refractivity (Wildman–Crippen MR) is 148 cm³/mol. The molecule has 4 rings (SSSR count). The molecule has 14 heteroatoms. The summed E-state index contributed by atoms with van der Waals surface area (Å²) in [5, 5.41) is 21.5. The molecule has 0 amide bonds. The standard InChI is InChI=1S/C26H25N5O8S/c1-37-23-14-22(24(38-2)13-21(23)30-28-16-4-6-17(7-5-16)39-10-9-32)31-29-20-8-3-15-11-18(40(34,35)36)12-19(27)25(15)26(20)33/h3-8,11-14,31-32H,9-10,27H2,1-2H3,(H,34,35,36)/b29-20-,30-28+. The van der Waals surface area contributed by atoms with Crippen LogP contribution in [0.2, 0.25) is 0 Å². The number of carbonyl (C=O) groups is 1. The monoisotopic (exact) mass is 567 g/mol. The van der Waals surface area contributed by atoms with Gasteiger partial charge in [0.05, 0.1) is 37.0 Å². The maximum absolute atomic E-state index is 13.0. The van der Waals surface area contributed by atoms with Crippen LogP contribution in [0.15, 0.2) is 74.8 Å². The van der Waals surface area contributed by atoms with Crippen molar-refractivity contribution in [2.75, 3.05) is 38.6 Å². The molecule has 0 spiro atoms. The van der Waals surface area contributed by atoms with Gasteiger partial charge in [0.1, 0.15) is 40.9 Å². The van der Waals surface area contributed by atoms with Crippen LogP contribution in [0.1, 0.15) is 15.9 Å². The Labute approximate surface area is 229 Å². The number of anilines is 2. The van der Waals surface area contributed by atoms with E-state index < -0.39 is 20.8 Å². The molecular weight excluding hydrogens is 542 g/mol. The highest BCUT2D eigenvalue weighted by Gasteiger charge is 2.25. The number of hydrogen-bond donors (Lipinski definition) is 4. The van der Waals surface area contributed by atoms with Gasteiger partial charge in [-0.15, -0.1) is 5.11 Å². The van der Waals surface area contributed by atoms with Gasteiger partial charge in [-0.25, -0.2) is 0 Å². The normalized spacial score (nSPS) is 13.9. The second kappa shape index (κ2) is 11.9. The van der Waals surface area contributed by atoms with E-state index in [0.29, 0.717) is 34.3 Å². The molecule has 0 aromatic heterocycles. The summed E-state index contributed by atoms with van der Waals surface area (Å²) in [6.07, 6.45) is 2.85. The number of nitrogens with zero attached hydrogens (tertiary/aromatic N) is 3. The SMILES string of the molecule is COc1cc(N/N=C2/C=Cc3cc(S(=O)(=O)O)cc(N)c3C2=O)c(OC)cc1/N=N/c1ccc(OCCO)cc1. The lowest BCUT2D eigenvalue weighted by atomic mass is 9.93. The van der Waals surface area contributed by atoms with Crippen molar-refractivity contribution >= 4 is 50.4 Å². The summed E-state index contributed by atoms with van der Waals surface area (Å²) < 4.78 is 48.5. The second-order valence-electron chi connectivity index (χ2n) is 8.21. The van der Waals surface area contributed by atoms with Gasteiger partial charge in [0.25, 0.3) is 10.1 Å². The molecule has 13 nitrogen and oxygen atoms in total. The van der Waals surface area contributed by atoms with Crippen molar-refractivity contribution in [1.29, 1.82) is 0 Å². The number of Topliss-reactive ketones (excluding diaryl/α,β-unsaturated/α-hetero) is 1. The van der Waals surface area contributed by atoms with Gasteiger partial charge in [0.2, 0.25) is 5.78 Å². The van der Waals surface area contributed by atoms with E-state index in [1.165, 1.54) is 26.4 Å². The number of nitrogen functional groups attached to an aromatic ring is 1. The third-order valence-electron chi connectivity index (χ3n) is 5.62. The van der Waals surface area contributed by atoms with Crippen LogP contribution in [0.5, 0.6) is 17.2 Å². The largest absolute Gasteiger partial charge is 0.494 e. The van der Waals surface area contributed by atoms with Crippen molar-refractivity contribution in [3.05, 3.63) is 65.7 Å². The van der Waals surface area contributed by atoms with Crippen LogP contribution >= 0.6 is 0 Å². The number of azo groups is 1. The van der Waals surface area contributed by atoms with Crippen molar-refractivity contribution in [2.45, 2.75) is 4.90 Å². The lowest BCUT2D eigenvalue weighted by Crippen LogP contribution is -2.20. The van der Waals surface area contributed by atoms with Crippen LogP contribution in [0.25, 0.3) is 6.08 Å². The predicted octanol–water partition coefficient (Wildman–Crippen LogP) is 4.00. The van der Waals surface area contributed by atoms with Gasteiger partial charge in [-0.1, -0.05) is 6.08 Å². The lowest BCUT2D eigenvalue weighted by Gasteiger charge is -2.16. The third kappa shape index (κ3) is 6.26. The van der Waals surface area contributed by atoms with Crippen LogP contribution < -0.4 is 25.4 Å². The number of nitrogens with two attached hydrogens (primary N) is 1. The average molecular weight is 568 g/mol. The van der Waals surface area contributed by atoms with Gasteiger partial charge in [-0.05, 0) is 48.0 Å². The molecule has 0 unspecified atom stereocenters. The summed E-state index contributed by atoms with van der Waals surface area (Å²) >= 11 is 0. The summed E-state index contributed by atoms with van der Waals surface area (Å²) in [5.41, 5.74) is 10.1. The Morgan fingerprint density at radius 3 is 2.35 bits per heavy atom. The highest BCUT2D eigenvalue weighted by atomic mass is 32.2. The number of aliphatic hydroxyl groups excluding tert-OH is 1. The Hall–Kier alpha value is -4.79. The van der Waals surface area contributed by atoms with E-state index in [0.717, 1.165) is 12.1 Å². The van der Waals surface area contributed by atoms with Gasteiger partial charge in [-0.3, -0.25) is 14.8 Å². The van der Waals surface area contributed by atoms with Gasteiger partial charge in [0, 0.05) is 17.8 Å². The van der Waals surface area contributed by atoms with Crippen LogP contribution in [0, 0.1) is 0 Å². The number of aliphatic hydroxyl groups is 1. The Balaban J connectivity index is 1.57. The molecule has 0 saturated heterocycles. The van der Waals surface area contributed by atoms with Gasteiger partial charge >= 0.3 is 0 Å². The first-order chi connectivity index (χ1) is 19.1. The number of benzene rings is 3. The number of allylic oxidation sites excluding steroid dienone is 1. The first kappa shape index (κ1) is 28.2. The van der Waals surface area contributed by atoms with E-state index in [1.807, 2.05) is 0 Å². The second-order valence-corrected chi connectivity index (χ2v) is 9.63. The maximum Gasteiger partial charge on any atom is 0.294 e. The summed E-state index contributed by atoms with van der Waals surface area (Å²) in [4.78, 5) is 12.6. The molecule has 1 aliphatic rings. The molecular formula is C26H25N5O8S. The first-order valence-corrected chi connectivity index (χ1v) is 13.1. The molecule has 5 N–H and O–H groups in total. The van der Waals surface area contributed by atoms with Crippen LogP contribution in [0.4, 0.5) is 22.7 Å². The molecule has 3 aromatic carbocycles. The molecule has 0 aliphatic heterocycles. The lowest BCUT2D eigenvalue weighted by molar-refractivity contribution is 0.106. The minimum Gasteiger partial charge on any atom is -0.494 e. The Morgan fingerprint density at radius 1 is 0.975 bits per heavy atom. The van der Waals surface area contributed by atoms with E-state index in [4.69, 9.17) is 25.1 Å². The van der Waals surface area contributed by atoms with E-state index in [2.05, 4.69) is 20.8 Å². The highest BCUT2D eigenvalue weighted by Crippen LogP contribution is 2.39. The van der Waals surface area contributed by atoms with E-state index in [1.54, 1.807) is 36.4 Å². The molecule has 0 radical (unpaired) electrons. The van der Waals surface area contributed by atoms with Gasteiger partial charge in [-0.2, -0.15) is 18.6 Å². The van der Waals surface area contributed by atoms with Gasteiger partial charge < -0.3 is 25.1 Å². The molecule has 0 bridgehead atoms. The molecule has 0 atom stereocenters. The molecule has 0 saturated carbocycles. The van der Waals surface area contributed by atoms with Crippen molar-refractivity contribution < 1.29 is 37.1 Å². The topological polar surface area (TPSA) is 194 Å². The number of ether oxygens (including phenoxy) is 3. The number of nitrogens with one attached hydrogen (secondary N) is 1. The summed E-state index contributed by atoms with van der Waals surface area (Å²) in [6.45, 7) is 0.101. The van der Waals surface area contributed by atoms with Crippen molar-refractivity contribution in [3.63, 3.8) is 0 Å². The van der Waals surface area contributed by atoms with Gasteiger partial charge in [0.15, 0.2) is 0 Å². The van der Waals surface area contributed by atoms with Crippen LogP contribution in [-0.2, 0) is 10.1 Å². The fourth-order valence-electron chi connectivity index (χ4n) is 3.71. The highest BCUT2D eigenvalue weighted by molar-refractivity contribution is 7.85. The summed E-state index contributed by atoms with van der Waals surface area (Å²) in [6, 6.07) is 12.1. The first-order valence-electron chi connectivity index (χ1n) is 11.6. The number of hydrogen-bond acceptors (Lipinski definition) is 12. The van der Waals surface area contributed by atoms with E-state index in [9.17, 15) is 17.8 Å². The minimum atomic E-state index is -4.50. The Kier molecular flexibility index (Phi) is 8.43. The smallest absolute Gasteiger partial charge is 0.294 e. The Morgan fingerprint density at radius 2 is 1.70 bits per heavy atom. The molecule has 0 fully saturated rings. The van der Waals surface area contributed by atoms with E-state index in [-0.39, 0.29) is 35.7 Å². The summed E-state index contributed by atoms with van der Waals surface area (Å²) in [7, 11) is -1.60. The van der Waals surface area contributed by atoms with Crippen molar-refractivity contribution in [3.8, 4) is 17.2 Å². The van der Waals surface area contributed by atoms with E-state index >= 15 is 0 Å². The maximum atomic E-state index is 13.0. The quantitative estimate of drug-likeness (QED) is 0.120. The summed E-state index contributed by atoms with van der Waals surface area (Å²) in [5.74, 6) is 0.711. The average Bonchev–Trinajstić information content (AvgIpc) is 2.94. The molecule has 0 heterocycles. The van der Waals surface area contributed by atoms with Crippen molar-refractivity contribution in [2.24, 2.45) is 15.3 Å². The number of ketones is 1. The van der Waals surface area contributed by atoms with Crippen LogP contribution in [-0.4, -0.2) is 57.0 Å². The molecule has 3 aromatic rings. The number of hydrazone groups is 1. The minimum absolute atomic E-state index is 0.00463. The zero-order valence-corrected chi connectivity index (χ0v) is 22.2. The fourth-order valence-corrected chi connectivity index (χ4v) is 4.27. The fraction of sp³-hybridized carbons (Fsp3) is 0.154. The van der Waals surface area contributed by atoms with Crippen LogP contribution in [0.3, 0.4) is 0 Å². The molecule has 40 heavy (non-hydrogen) atoms. The zero-order valence-electron chi connectivity index (χ0n) is 21.4. The van der Waals surface area contributed by atoms with Crippen molar-refractivity contribution in [1.82, 2.24) is 0 Å². The molecule has 208 valence electrons. The number of rotatable bonds is 10.